The second kappa shape index (κ2) is 7.04. The molecule has 118 valence electrons. The third-order valence-corrected chi connectivity index (χ3v) is 5.67. The number of carbonyl (C=O) groups is 1. The predicted octanol–water partition coefficient (Wildman–Crippen LogP) is 1.30. The van der Waals surface area contributed by atoms with Crippen LogP contribution in [-0.2, 0) is 16.4 Å². The van der Waals surface area contributed by atoms with Crippen LogP contribution in [0.15, 0.2) is 24.3 Å². The molecule has 21 heavy (non-hydrogen) atoms. The van der Waals surface area contributed by atoms with Gasteiger partial charge in [-0.2, -0.15) is 0 Å². The molecule has 1 aromatic rings. The lowest BCUT2D eigenvalue weighted by molar-refractivity contribution is 0.0963. The number of nitrogens with zero attached hydrogens (tertiary/aromatic N) is 1. The first-order chi connectivity index (χ1) is 9.66. The molecule has 5 nitrogen and oxygen atoms in total. The lowest BCUT2D eigenvalue weighted by Crippen LogP contribution is -2.40. The molecule has 0 aliphatic carbocycles. The largest absolute Gasteiger partial charge is 0.355 e. The van der Waals surface area contributed by atoms with Crippen molar-refractivity contribution >= 4 is 15.7 Å². The smallest absolute Gasteiger partial charge is 0.251 e. The van der Waals surface area contributed by atoms with Crippen LogP contribution in [0.25, 0.3) is 0 Å². The van der Waals surface area contributed by atoms with E-state index in [4.69, 9.17) is 0 Å². The molecule has 6 heteroatoms. The maximum atomic E-state index is 11.6. The van der Waals surface area contributed by atoms with E-state index < -0.39 is 15.1 Å². The zero-order chi connectivity index (χ0) is 16.2. The van der Waals surface area contributed by atoms with Crippen LogP contribution in [0.1, 0.15) is 29.8 Å². The standard InChI is InChI=1S/C15H24N2O3S/c1-11(12(2)21(5,19)20)17(4)10-13-6-8-14(9-7-13)15(18)16-3/h6-9,11-12H,10H2,1-5H3,(H,16,18)/t11-,12+/m1/s1. The molecule has 1 rings (SSSR count). The highest BCUT2D eigenvalue weighted by Crippen LogP contribution is 2.14. The first kappa shape index (κ1) is 17.7. The summed E-state index contributed by atoms with van der Waals surface area (Å²) in [6.07, 6.45) is 1.26. The molecule has 0 aromatic heterocycles. The molecular weight excluding hydrogens is 288 g/mol. The number of amides is 1. The van der Waals surface area contributed by atoms with Gasteiger partial charge in [0.15, 0.2) is 9.84 Å². The molecule has 1 N–H and O–H groups in total. The highest BCUT2D eigenvalue weighted by atomic mass is 32.2. The van der Waals surface area contributed by atoms with E-state index in [-0.39, 0.29) is 11.9 Å². The Labute approximate surface area is 127 Å². The van der Waals surface area contributed by atoms with Crippen LogP contribution in [0.5, 0.6) is 0 Å². The number of hydrogen-bond acceptors (Lipinski definition) is 4. The molecule has 1 amide bonds. The van der Waals surface area contributed by atoms with Crippen LogP contribution in [-0.4, -0.2) is 50.9 Å². The van der Waals surface area contributed by atoms with Crippen LogP contribution in [0.2, 0.25) is 0 Å². The third-order valence-electron chi connectivity index (χ3n) is 3.93. The molecule has 1 aromatic carbocycles. The molecule has 0 unspecified atom stereocenters. The van der Waals surface area contributed by atoms with E-state index >= 15 is 0 Å². The number of rotatable bonds is 6. The summed E-state index contributed by atoms with van der Waals surface area (Å²) in [4.78, 5) is 13.5. The second-order valence-corrected chi connectivity index (χ2v) is 7.87. The number of sulfone groups is 1. The number of carbonyl (C=O) groups excluding carboxylic acids is 1. The Morgan fingerprint density at radius 3 is 2.19 bits per heavy atom. The normalized spacial score (nSPS) is 14.8. The Morgan fingerprint density at radius 2 is 1.76 bits per heavy atom. The quantitative estimate of drug-likeness (QED) is 0.860. The van der Waals surface area contributed by atoms with Gasteiger partial charge in [-0.15, -0.1) is 0 Å². The fourth-order valence-corrected chi connectivity index (χ4v) is 2.98. The van der Waals surface area contributed by atoms with Crippen LogP contribution in [0.3, 0.4) is 0 Å². The van der Waals surface area contributed by atoms with Crippen molar-refractivity contribution in [3.63, 3.8) is 0 Å². The van der Waals surface area contributed by atoms with Gasteiger partial charge < -0.3 is 5.32 Å². The average molecular weight is 312 g/mol. The minimum atomic E-state index is -3.06. The summed E-state index contributed by atoms with van der Waals surface area (Å²) in [6, 6.07) is 7.23. The summed E-state index contributed by atoms with van der Waals surface area (Å²) in [7, 11) is 0.442. The first-order valence-electron chi connectivity index (χ1n) is 6.87. The Kier molecular flexibility index (Phi) is 5.92. The van der Waals surface area contributed by atoms with Gasteiger partial charge in [0.05, 0.1) is 5.25 Å². The topological polar surface area (TPSA) is 66.5 Å². The van der Waals surface area contributed by atoms with Crippen LogP contribution < -0.4 is 5.32 Å². The molecule has 0 aliphatic rings. The van der Waals surface area contributed by atoms with Gasteiger partial charge in [-0.1, -0.05) is 12.1 Å². The Bertz CT molecular complexity index is 581. The lowest BCUT2D eigenvalue weighted by atomic mass is 10.1. The predicted molar refractivity (Wildman–Crippen MR) is 85.1 cm³/mol. The number of hydrogen-bond donors (Lipinski definition) is 1. The van der Waals surface area contributed by atoms with Gasteiger partial charge in [0.2, 0.25) is 0 Å². The monoisotopic (exact) mass is 312 g/mol. The summed E-state index contributed by atoms with van der Waals surface area (Å²) in [5.41, 5.74) is 1.65. The second-order valence-electron chi connectivity index (χ2n) is 5.47. The molecule has 0 saturated heterocycles. The Hall–Kier alpha value is -1.40. The van der Waals surface area contributed by atoms with Crippen LogP contribution >= 0.6 is 0 Å². The van der Waals surface area contributed by atoms with Crippen molar-refractivity contribution in [2.75, 3.05) is 20.4 Å². The molecule has 0 saturated carbocycles. The molecule has 0 fully saturated rings. The van der Waals surface area contributed by atoms with Crippen molar-refractivity contribution in [3.8, 4) is 0 Å². The van der Waals surface area contributed by atoms with Crippen molar-refractivity contribution in [2.45, 2.75) is 31.7 Å². The molecule has 0 heterocycles. The molecule has 0 bridgehead atoms. The summed E-state index contributed by atoms with van der Waals surface area (Å²) in [5.74, 6) is -0.117. The number of nitrogens with one attached hydrogen (secondary N) is 1. The van der Waals surface area contributed by atoms with Gasteiger partial charge in [0.25, 0.3) is 5.91 Å². The zero-order valence-corrected chi connectivity index (χ0v) is 14.1. The highest BCUT2D eigenvalue weighted by Gasteiger charge is 2.25. The fraction of sp³-hybridized carbons (Fsp3) is 0.533. The van der Waals surface area contributed by atoms with Gasteiger partial charge in [0, 0.05) is 31.5 Å². The SMILES string of the molecule is CNC(=O)c1ccc(CN(C)[C@H](C)[C@H](C)S(C)(=O)=O)cc1. The van der Waals surface area contributed by atoms with E-state index in [1.807, 2.05) is 31.0 Å². The number of benzene rings is 1. The average Bonchev–Trinajstić information content (AvgIpc) is 2.44. The summed E-state index contributed by atoms with van der Waals surface area (Å²) < 4.78 is 23.2. The van der Waals surface area contributed by atoms with E-state index in [1.165, 1.54) is 6.26 Å². The van der Waals surface area contributed by atoms with Gasteiger partial charge in [-0.3, -0.25) is 9.69 Å². The van der Waals surface area contributed by atoms with Gasteiger partial charge >= 0.3 is 0 Å². The maximum absolute atomic E-state index is 11.6. The van der Waals surface area contributed by atoms with E-state index in [2.05, 4.69) is 5.32 Å². The maximum Gasteiger partial charge on any atom is 0.251 e. The lowest BCUT2D eigenvalue weighted by Gasteiger charge is -2.28. The molecular formula is C15H24N2O3S. The molecule has 0 radical (unpaired) electrons. The minimum Gasteiger partial charge on any atom is -0.355 e. The summed E-state index contributed by atoms with van der Waals surface area (Å²) >= 11 is 0. The van der Waals surface area contributed by atoms with Crippen LogP contribution in [0, 0.1) is 0 Å². The Morgan fingerprint density at radius 1 is 1.24 bits per heavy atom. The first-order valence-corrected chi connectivity index (χ1v) is 8.82. The van der Waals surface area contributed by atoms with E-state index in [1.54, 1.807) is 26.1 Å². The van der Waals surface area contributed by atoms with E-state index in [0.717, 1.165) is 5.56 Å². The van der Waals surface area contributed by atoms with E-state index in [9.17, 15) is 13.2 Å². The van der Waals surface area contributed by atoms with Crippen molar-refractivity contribution in [1.29, 1.82) is 0 Å². The molecule has 2 atom stereocenters. The van der Waals surface area contributed by atoms with Gasteiger partial charge in [0.1, 0.15) is 0 Å². The van der Waals surface area contributed by atoms with Crippen molar-refractivity contribution in [2.24, 2.45) is 0 Å². The fourth-order valence-electron chi connectivity index (χ4n) is 2.05. The van der Waals surface area contributed by atoms with Crippen molar-refractivity contribution < 1.29 is 13.2 Å². The molecule has 0 aliphatic heterocycles. The van der Waals surface area contributed by atoms with Gasteiger partial charge in [-0.25, -0.2) is 8.42 Å². The minimum absolute atomic E-state index is 0.0846. The van der Waals surface area contributed by atoms with E-state index in [0.29, 0.717) is 12.1 Å². The summed E-state index contributed by atoms with van der Waals surface area (Å²) in [5, 5.41) is 2.15. The summed E-state index contributed by atoms with van der Waals surface area (Å²) in [6.45, 7) is 4.27. The van der Waals surface area contributed by atoms with Crippen molar-refractivity contribution in [3.05, 3.63) is 35.4 Å². The highest BCUT2D eigenvalue weighted by molar-refractivity contribution is 7.91. The van der Waals surface area contributed by atoms with Gasteiger partial charge in [-0.05, 0) is 38.6 Å². The zero-order valence-electron chi connectivity index (χ0n) is 13.3. The third kappa shape index (κ3) is 4.82. The molecule has 0 spiro atoms. The van der Waals surface area contributed by atoms with Crippen LogP contribution in [0.4, 0.5) is 0 Å². The Balaban J connectivity index is 2.75. The van der Waals surface area contributed by atoms with Crippen molar-refractivity contribution in [1.82, 2.24) is 10.2 Å².